The Kier molecular flexibility index (Phi) is 6.42. The average Bonchev–Trinajstić information content (AvgIpc) is 2.28. The van der Waals surface area contributed by atoms with Crippen LogP contribution in [-0.4, -0.2) is 50.2 Å². The molecule has 1 saturated heterocycles. The molecular weight excluding hydrogens is 204 g/mol. The lowest BCUT2D eigenvalue weighted by atomic mass is 10.0. The van der Waals surface area contributed by atoms with Crippen molar-refractivity contribution in [1.29, 1.82) is 0 Å². The van der Waals surface area contributed by atoms with Gasteiger partial charge in [-0.3, -0.25) is 4.79 Å². The molecule has 16 heavy (non-hydrogen) atoms. The Hall–Kier alpha value is -0.610. The van der Waals surface area contributed by atoms with Gasteiger partial charge in [-0.1, -0.05) is 13.3 Å². The zero-order valence-corrected chi connectivity index (χ0v) is 10.5. The molecule has 0 bridgehead atoms. The first kappa shape index (κ1) is 13.5. The molecule has 1 amide bonds. The smallest absolute Gasteiger partial charge is 0.246 e. The fourth-order valence-electron chi connectivity index (χ4n) is 1.99. The lowest BCUT2D eigenvalue weighted by molar-refractivity contribution is -0.126. The summed E-state index contributed by atoms with van der Waals surface area (Å²) in [5.74, 6) is 0.00687. The third-order valence-electron chi connectivity index (χ3n) is 3.04. The SMILES string of the molecule is CCCOCC(=O)NCC1CCCCN1C. The summed E-state index contributed by atoms with van der Waals surface area (Å²) in [6.07, 6.45) is 4.70. The number of carbonyl (C=O) groups is 1. The number of hydrogen-bond donors (Lipinski definition) is 1. The second kappa shape index (κ2) is 7.63. The Labute approximate surface area is 98.3 Å². The van der Waals surface area contributed by atoms with Gasteiger partial charge in [0.1, 0.15) is 6.61 Å². The van der Waals surface area contributed by atoms with Gasteiger partial charge < -0.3 is 15.0 Å². The van der Waals surface area contributed by atoms with Crippen molar-refractivity contribution in [3.05, 3.63) is 0 Å². The van der Waals surface area contributed by atoms with Gasteiger partial charge in [-0.2, -0.15) is 0 Å². The van der Waals surface area contributed by atoms with Gasteiger partial charge in [0.05, 0.1) is 0 Å². The second-order valence-electron chi connectivity index (χ2n) is 4.49. The number of likely N-dealkylation sites (N-methyl/N-ethyl adjacent to an activating group) is 1. The monoisotopic (exact) mass is 228 g/mol. The molecule has 0 aliphatic carbocycles. The number of rotatable bonds is 6. The number of ether oxygens (including phenoxy) is 1. The van der Waals surface area contributed by atoms with E-state index in [9.17, 15) is 4.79 Å². The molecule has 4 nitrogen and oxygen atoms in total. The first-order chi connectivity index (χ1) is 7.74. The molecule has 0 aromatic rings. The van der Waals surface area contributed by atoms with Crippen molar-refractivity contribution in [3.8, 4) is 0 Å². The van der Waals surface area contributed by atoms with E-state index in [2.05, 4.69) is 17.3 Å². The van der Waals surface area contributed by atoms with Crippen LogP contribution in [0.15, 0.2) is 0 Å². The minimum absolute atomic E-state index is 0.00687. The number of hydrogen-bond acceptors (Lipinski definition) is 3. The third-order valence-corrected chi connectivity index (χ3v) is 3.04. The van der Waals surface area contributed by atoms with E-state index in [-0.39, 0.29) is 12.5 Å². The van der Waals surface area contributed by atoms with Crippen LogP contribution in [0.4, 0.5) is 0 Å². The van der Waals surface area contributed by atoms with Gasteiger partial charge in [0.25, 0.3) is 0 Å². The first-order valence-corrected chi connectivity index (χ1v) is 6.28. The molecule has 1 heterocycles. The minimum Gasteiger partial charge on any atom is -0.372 e. The van der Waals surface area contributed by atoms with Gasteiger partial charge in [0.15, 0.2) is 0 Å². The quantitative estimate of drug-likeness (QED) is 0.690. The molecule has 1 aliphatic rings. The first-order valence-electron chi connectivity index (χ1n) is 6.28. The summed E-state index contributed by atoms with van der Waals surface area (Å²) in [5.41, 5.74) is 0. The summed E-state index contributed by atoms with van der Waals surface area (Å²) in [5, 5.41) is 2.94. The number of likely N-dealkylation sites (tertiary alicyclic amines) is 1. The zero-order chi connectivity index (χ0) is 11.8. The average molecular weight is 228 g/mol. The molecule has 1 fully saturated rings. The van der Waals surface area contributed by atoms with Crippen molar-refractivity contribution in [2.75, 3.05) is 33.4 Å². The highest BCUT2D eigenvalue weighted by Gasteiger charge is 2.18. The summed E-state index contributed by atoms with van der Waals surface area (Å²) in [4.78, 5) is 13.7. The third kappa shape index (κ3) is 4.94. The molecule has 0 aromatic carbocycles. The lowest BCUT2D eigenvalue weighted by Crippen LogP contribution is -2.45. The molecule has 1 atom stereocenters. The number of nitrogens with one attached hydrogen (secondary N) is 1. The van der Waals surface area contributed by atoms with E-state index in [1.165, 1.54) is 19.3 Å². The van der Waals surface area contributed by atoms with Crippen LogP contribution in [0.1, 0.15) is 32.6 Å². The van der Waals surface area contributed by atoms with Crippen molar-refractivity contribution in [1.82, 2.24) is 10.2 Å². The number of nitrogens with zero attached hydrogens (tertiary/aromatic N) is 1. The molecule has 0 aromatic heterocycles. The van der Waals surface area contributed by atoms with Gasteiger partial charge in [-0.25, -0.2) is 0 Å². The van der Waals surface area contributed by atoms with Gasteiger partial charge in [0, 0.05) is 19.2 Å². The summed E-state index contributed by atoms with van der Waals surface area (Å²) >= 11 is 0. The fourth-order valence-corrected chi connectivity index (χ4v) is 1.99. The Morgan fingerprint density at radius 2 is 2.31 bits per heavy atom. The molecule has 4 heteroatoms. The molecule has 1 rings (SSSR count). The standard InChI is InChI=1S/C12H24N2O2/c1-3-8-16-10-12(15)13-9-11-6-4-5-7-14(11)2/h11H,3-10H2,1-2H3,(H,13,15). The van der Waals surface area contributed by atoms with Crippen LogP contribution in [0.3, 0.4) is 0 Å². The normalized spacial score (nSPS) is 22.0. The van der Waals surface area contributed by atoms with Gasteiger partial charge >= 0.3 is 0 Å². The van der Waals surface area contributed by atoms with E-state index in [4.69, 9.17) is 4.74 Å². The van der Waals surface area contributed by atoms with E-state index in [1.54, 1.807) is 0 Å². The Morgan fingerprint density at radius 1 is 1.50 bits per heavy atom. The number of carbonyl (C=O) groups excluding carboxylic acids is 1. The van der Waals surface area contributed by atoms with Crippen LogP contribution in [0, 0.1) is 0 Å². The molecule has 0 saturated carbocycles. The molecular formula is C12H24N2O2. The lowest BCUT2D eigenvalue weighted by Gasteiger charge is -2.32. The highest BCUT2D eigenvalue weighted by Crippen LogP contribution is 2.13. The van der Waals surface area contributed by atoms with Crippen LogP contribution >= 0.6 is 0 Å². The Balaban J connectivity index is 2.10. The van der Waals surface area contributed by atoms with Gasteiger partial charge in [0.2, 0.25) is 5.91 Å². The van der Waals surface area contributed by atoms with E-state index in [1.807, 2.05) is 6.92 Å². The Morgan fingerprint density at radius 3 is 3.00 bits per heavy atom. The molecule has 0 radical (unpaired) electrons. The highest BCUT2D eigenvalue weighted by atomic mass is 16.5. The highest BCUT2D eigenvalue weighted by molar-refractivity contribution is 5.77. The molecule has 1 aliphatic heterocycles. The van der Waals surface area contributed by atoms with Gasteiger partial charge in [-0.15, -0.1) is 0 Å². The predicted molar refractivity (Wildman–Crippen MR) is 64.4 cm³/mol. The van der Waals surface area contributed by atoms with E-state index >= 15 is 0 Å². The molecule has 0 spiro atoms. The molecule has 1 unspecified atom stereocenters. The second-order valence-corrected chi connectivity index (χ2v) is 4.49. The molecule has 94 valence electrons. The Bertz CT molecular complexity index is 209. The number of amides is 1. The van der Waals surface area contributed by atoms with Crippen LogP contribution < -0.4 is 5.32 Å². The largest absolute Gasteiger partial charge is 0.372 e. The fraction of sp³-hybridized carbons (Fsp3) is 0.917. The summed E-state index contributed by atoms with van der Waals surface area (Å²) < 4.78 is 5.19. The number of piperidine rings is 1. The van der Waals surface area contributed by atoms with Crippen LogP contribution in [0.5, 0.6) is 0 Å². The van der Waals surface area contributed by atoms with Crippen molar-refractivity contribution in [2.24, 2.45) is 0 Å². The van der Waals surface area contributed by atoms with Crippen molar-refractivity contribution in [3.63, 3.8) is 0 Å². The van der Waals surface area contributed by atoms with Crippen molar-refractivity contribution < 1.29 is 9.53 Å². The van der Waals surface area contributed by atoms with Gasteiger partial charge in [-0.05, 0) is 32.9 Å². The van der Waals surface area contributed by atoms with Crippen molar-refractivity contribution >= 4 is 5.91 Å². The summed E-state index contributed by atoms with van der Waals surface area (Å²) in [7, 11) is 2.13. The van der Waals surface area contributed by atoms with E-state index in [0.29, 0.717) is 12.6 Å². The van der Waals surface area contributed by atoms with Crippen LogP contribution in [-0.2, 0) is 9.53 Å². The summed E-state index contributed by atoms with van der Waals surface area (Å²) in [6, 6.07) is 0.504. The zero-order valence-electron chi connectivity index (χ0n) is 10.5. The topological polar surface area (TPSA) is 41.6 Å². The maximum atomic E-state index is 11.4. The maximum Gasteiger partial charge on any atom is 0.246 e. The van der Waals surface area contributed by atoms with Crippen LogP contribution in [0.2, 0.25) is 0 Å². The van der Waals surface area contributed by atoms with E-state index < -0.39 is 0 Å². The van der Waals surface area contributed by atoms with Crippen molar-refractivity contribution in [2.45, 2.75) is 38.6 Å². The maximum absolute atomic E-state index is 11.4. The predicted octanol–water partition coefficient (Wildman–Crippen LogP) is 1.01. The molecule has 1 N–H and O–H groups in total. The summed E-state index contributed by atoms with van der Waals surface area (Å²) in [6.45, 7) is 4.80. The van der Waals surface area contributed by atoms with Crippen LogP contribution in [0.25, 0.3) is 0 Å². The minimum atomic E-state index is 0.00687. The van der Waals surface area contributed by atoms with E-state index in [0.717, 1.165) is 19.5 Å².